The standard InChI is InChI=1S/C12H15ClN2OS/c1-3-9-6-4-5-8(2)11(9)15(12(14)17)10(16)7-13/h4-6H,3,7H2,1-2H3,(H2,14,17). The lowest BCUT2D eigenvalue weighted by Gasteiger charge is -2.24. The van der Waals surface area contributed by atoms with Crippen LogP contribution in [0.3, 0.4) is 0 Å². The highest BCUT2D eigenvalue weighted by Gasteiger charge is 2.21. The monoisotopic (exact) mass is 270 g/mol. The van der Waals surface area contributed by atoms with E-state index in [9.17, 15) is 4.79 Å². The summed E-state index contributed by atoms with van der Waals surface area (Å²) < 4.78 is 0. The number of para-hydroxylation sites is 1. The number of hydrogen-bond acceptors (Lipinski definition) is 2. The summed E-state index contributed by atoms with van der Waals surface area (Å²) in [7, 11) is 0. The normalized spacial score (nSPS) is 10.1. The summed E-state index contributed by atoms with van der Waals surface area (Å²) >= 11 is 10.5. The predicted molar refractivity (Wildman–Crippen MR) is 75.5 cm³/mol. The molecule has 0 atom stereocenters. The summed E-state index contributed by atoms with van der Waals surface area (Å²) in [4.78, 5) is 13.1. The SMILES string of the molecule is CCc1cccc(C)c1N(C(=O)CCl)C(N)=S. The zero-order valence-corrected chi connectivity index (χ0v) is 11.4. The second-order valence-electron chi connectivity index (χ2n) is 3.64. The molecule has 0 heterocycles. The van der Waals surface area contributed by atoms with E-state index in [1.54, 1.807) is 0 Å². The Balaban J connectivity index is 3.37. The Kier molecular flexibility index (Phi) is 4.90. The Bertz CT molecular complexity index is 448. The van der Waals surface area contributed by atoms with Gasteiger partial charge in [0.1, 0.15) is 5.88 Å². The molecule has 0 radical (unpaired) electrons. The molecule has 1 aromatic carbocycles. The Morgan fingerprint density at radius 1 is 1.53 bits per heavy atom. The summed E-state index contributed by atoms with van der Waals surface area (Å²) in [6, 6.07) is 5.82. The number of hydrogen-bond donors (Lipinski definition) is 1. The molecule has 0 saturated heterocycles. The van der Waals surface area contributed by atoms with Crippen molar-refractivity contribution in [1.29, 1.82) is 0 Å². The Morgan fingerprint density at radius 3 is 2.65 bits per heavy atom. The number of alkyl halides is 1. The van der Waals surface area contributed by atoms with Gasteiger partial charge in [0, 0.05) is 0 Å². The minimum Gasteiger partial charge on any atom is -0.376 e. The third-order valence-corrected chi connectivity index (χ3v) is 2.92. The Hall–Kier alpha value is -1.13. The van der Waals surface area contributed by atoms with Gasteiger partial charge in [-0.15, -0.1) is 11.6 Å². The number of nitrogens with two attached hydrogens (primary N) is 1. The molecule has 1 amide bonds. The first-order valence-corrected chi connectivity index (χ1v) is 6.24. The quantitative estimate of drug-likeness (QED) is 0.678. The molecule has 0 aliphatic carbocycles. The fourth-order valence-electron chi connectivity index (χ4n) is 1.74. The van der Waals surface area contributed by atoms with E-state index in [0.29, 0.717) is 0 Å². The van der Waals surface area contributed by atoms with Crippen LogP contribution in [-0.2, 0) is 11.2 Å². The molecule has 92 valence electrons. The molecule has 3 nitrogen and oxygen atoms in total. The van der Waals surface area contributed by atoms with Crippen molar-refractivity contribution in [3.05, 3.63) is 29.3 Å². The average Bonchev–Trinajstić information content (AvgIpc) is 2.30. The summed E-state index contributed by atoms with van der Waals surface area (Å²) in [6.07, 6.45) is 0.797. The van der Waals surface area contributed by atoms with Crippen LogP contribution in [0.2, 0.25) is 0 Å². The van der Waals surface area contributed by atoms with E-state index in [4.69, 9.17) is 29.6 Å². The third-order valence-electron chi connectivity index (χ3n) is 2.51. The molecule has 2 N–H and O–H groups in total. The smallest absolute Gasteiger partial charge is 0.248 e. The van der Waals surface area contributed by atoms with Gasteiger partial charge < -0.3 is 5.73 Å². The van der Waals surface area contributed by atoms with Gasteiger partial charge >= 0.3 is 0 Å². The van der Waals surface area contributed by atoms with Gasteiger partial charge in [0.05, 0.1) is 5.69 Å². The maximum Gasteiger partial charge on any atom is 0.248 e. The van der Waals surface area contributed by atoms with Gasteiger partial charge in [-0.1, -0.05) is 25.1 Å². The zero-order valence-electron chi connectivity index (χ0n) is 9.87. The van der Waals surface area contributed by atoms with Crippen molar-refractivity contribution in [3.63, 3.8) is 0 Å². The number of thiocarbonyl (C=S) groups is 1. The molecule has 0 spiro atoms. The fourth-order valence-corrected chi connectivity index (χ4v) is 2.06. The number of halogens is 1. The largest absolute Gasteiger partial charge is 0.376 e. The van der Waals surface area contributed by atoms with Crippen molar-refractivity contribution in [2.75, 3.05) is 10.8 Å². The number of aryl methyl sites for hydroxylation is 2. The average molecular weight is 271 g/mol. The number of rotatable bonds is 3. The summed E-state index contributed by atoms with van der Waals surface area (Å²) in [5.74, 6) is -0.447. The first-order valence-electron chi connectivity index (χ1n) is 5.29. The lowest BCUT2D eigenvalue weighted by molar-refractivity contribution is -0.115. The minimum atomic E-state index is -0.303. The molecule has 0 aliphatic heterocycles. The van der Waals surface area contributed by atoms with Crippen LogP contribution in [-0.4, -0.2) is 16.9 Å². The molecule has 0 saturated carbocycles. The van der Waals surface area contributed by atoms with Crippen LogP contribution in [0.1, 0.15) is 18.1 Å². The van der Waals surface area contributed by atoms with Crippen molar-refractivity contribution in [2.45, 2.75) is 20.3 Å². The molecule has 0 bridgehead atoms. The topological polar surface area (TPSA) is 46.3 Å². The van der Waals surface area contributed by atoms with Gasteiger partial charge in [-0.2, -0.15) is 0 Å². The molecule has 0 fully saturated rings. The van der Waals surface area contributed by atoms with E-state index in [1.165, 1.54) is 4.90 Å². The van der Waals surface area contributed by atoms with E-state index in [2.05, 4.69) is 0 Å². The van der Waals surface area contributed by atoms with Crippen molar-refractivity contribution < 1.29 is 4.79 Å². The fraction of sp³-hybridized carbons (Fsp3) is 0.333. The van der Waals surface area contributed by atoms with Gasteiger partial charge in [-0.25, -0.2) is 0 Å². The molecule has 5 heteroatoms. The van der Waals surface area contributed by atoms with Crippen LogP contribution >= 0.6 is 23.8 Å². The Labute approximate surface area is 112 Å². The molecule has 0 unspecified atom stereocenters. The van der Waals surface area contributed by atoms with Crippen LogP contribution in [0.5, 0.6) is 0 Å². The number of carbonyl (C=O) groups is 1. The molecular formula is C12H15ClN2OS. The van der Waals surface area contributed by atoms with E-state index in [0.717, 1.165) is 23.2 Å². The Morgan fingerprint density at radius 2 is 2.18 bits per heavy atom. The molecule has 1 rings (SSSR count). The van der Waals surface area contributed by atoms with Crippen molar-refractivity contribution in [1.82, 2.24) is 0 Å². The van der Waals surface area contributed by atoms with Gasteiger partial charge in [-0.05, 0) is 36.7 Å². The maximum atomic E-state index is 11.8. The molecule has 1 aromatic rings. The van der Waals surface area contributed by atoms with E-state index < -0.39 is 0 Å². The lowest BCUT2D eigenvalue weighted by atomic mass is 10.0. The number of benzene rings is 1. The summed E-state index contributed by atoms with van der Waals surface area (Å²) in [5.41, 5.74) is 8.35. The van der Waals surface area contributed by atoms with Crippen LogP contribution in [0.25, 0.3) is 0 Å². The highest BCUT2D eigenvalue weighted by atomic mass is 35.5. The maximum absolute atomic E-state index is 11.8. The minimum absolute atomic E-state index is 0.0275. The highest BCUT2D eigenvalue weighted by Crippen LogP contribution is 2.26. The molecule has 0 aliphatic rings. The van der Waals surface area contributed by atoms with Crippen molar-refractivity contribution >= 4 is 40.5 Å². The van der Waals surface area contributed by atoms with Crippen LogP contribution < -0.4 is 10.6 Å². The summed E-state index contributed by atoms with van der Waals surface area (Å²) in [6.45, 7) is 3.93. The van der Waals surface area contributed by atoms with Gasteiger partial charge in [0.25, 0.3) is 0 Å². The molecule has 0 aromatic heterocycles. The van der Waals surface area contributed by atoms with E-state index >= 15 is 0 Å². The van der Waals surface area contributed by atoms with Crippen LogP contribution in [0.15, 0.2) is 18.2 Å². The second kappa shape index (κ2) is 5.98. The number of nitrogens with zero attached hydrogens (tertiary/aromatic N) is 1. The van der Waals surface area contributed by atoms with Crippen molar-refractivity contribution in [3.8, 4) is 0 Å². The van der Waals surface area contributed by atoms with Crippen LogP contribution in [0, 0.1) is 6.92 Å². The molecule has 17 heavy (non-hydrogen) atoms. The van der Waals surface area contributed by atoms with Crippen molar-refractivity contribution in [2.24, 2.45) is 5.73 Å². The van der Waals surface area contributed by atoms with Crippen LogP contribution in [0.4, 0.5) is 5.69 Å². The summed E-state index contributed by atoms with van der Waals surface area (Å²) in [5, 5.41) is 0.0275. The zero-order chi connectivity index (χ0) is 13.0. The number of amides is 1. The second-order valence-corrected chi connectivity index (χ2v) is 4.32. The molecular weight excluding hydrogens is 256 g/mol. The lowest BCUT2D eigenvalue weighted by Crippen LogP contribution is -2.42. The van der Waals surface area contributed by atoms with Gasteiger partial charge in [0.2, 0.25) is 5.91 Å². The number of anilines is 1. The first-order chi connectivity index (χ1) is 8.02. The number of carbonyl (C=O) groups excluding carboxylic acids is 1. The highest BCUT2D eigenvalue weighted by molar-refractivity contribution is 7.80. The predicted octanol–water partition coefficient (Wildman–Crippen LogP) is 2.37. The first kappa shape index (κ1) is 13.9. The third kappa shape index (κ3) is 2.96. The van der Waals surface area contributed by atoms with E-state index in [1.807, 2.05) is 32.0 Å². The van der Waals surface area contributed by atoms with Gasteiger partial charge in [-0.3, -0.25) is 9.69 Å². The van der Waals surface area contributed by atoms with Gasteiger partial charge in [0.15, 0.2) is 5.11 Å². The van der Waals surface area contributed by atoms with E-state index in [-0.39, 0.29) is 16.9 Å².